The fraction of sp³-hybridized carbons (Fsp3) is 0.625. The van der Waals surface area contributed by atoms with Crippen LogP contribution in [0.3, 0.4) is 0 Å². The van der Waals surface area contributed by atoms with Crippen molar-refractivity contribution in [1.82, 2.24) is 5.32 Å². The number of hydrogen-bond acceptors (Lipinski definition) is 2. The van der Waals surface area contributed by atoms with Crippen LogP contribution in [0.5, 0.6) is 0 Å². The molecule has 0 spiro atoms. The number of rotatable bonds is 3. The van der Waals surface area contributed by atoms with Gasteiger partial charge >= 0.3 is 0 Å². The third-order valence-corrected chi connectivity index (χ3v) is 3.11. The zero-order chi connectivity index (χ0) is 8.10. The fourth-order valence-electron chi connectivity index (χ4n) is 1.09. The summed E-state index contributed by atoms with van der Waals surface area (Å²) in [6.45, 7) is 4.19. The van der Waals surface area contributed by atoms with Gasteiger partial charge in [0.1, 0.15) is 0 Å². The molecule has 1 atom stereocenters. The highest BCUT2D eigenvalue weighted by atomic mass is 32.2. The molecule has 0 aromatic heterocycles. The van der Waals surface area contributed by atoms with Crippen LogP contribution in [0.25, 0.3) is 0 Å². The number of hydrogen-bond donors (Lipinski definition) is 1. The molecule has 1 rings (SSSR count). The molecular weight excluding hydrogens is 158 g/mol. The Hall–Kier alpha value is -0.440. The molecule has 1 amide bonds. The van der Waals surface area contributed by atoms with Gasteiger partial charge in [-0.15, -0.1) is 0 Å². The summed E-state index contributed by atoms with van der Waals surface area (Å²) >= 11 is 1.95. The Morgan fingerprint density at radius 2 is 2.64 bits per heavy atom. The Kier molecular flexibility index (Phi) is 3.49. The maximum absolute atomic E-state index is 10.7. The Morgan fingerprint density at radius 3 is 3.18 bits per heavy atom. The lowest BCUT2D eigenvalue weighted by Gasteiger charge is -2.07. The Balaban J connectivity index is 2.10. The minimum absolute atomic E-state index is 0.0579. The average molecular weight is 171 g/mol. The van der Waals surface area contributed by atoms with Gasteiger partial charge in [0.2, 0.25) is 5.91 Å². The van der Waals surface area contributed by atoms with Gasteiger partial charge in [0.25, 0.3) is 0 Å². The lowest BCUT2D eigenvalue weighted by atomic mass is 10.2. The SMILES string of the molecule is C=CC(=O)NC[C@@H]1CCCS1. The van der Waals surface area contributed by atoms with E-state index in [2.05, 4.69) is 11.9 Å². The zero-order valence-electron chi connectivity index (χ0n) is 6.51. The Morgan fingerprint density at radius 1 is 1.82 bits per heavy atom. The molecule has 0 bridgehead atoms. The normalized spacial score (nSPS) is 23.1. The van der Waals surface area contributed by atoms with Crippen molar-refractivity contribution in [2.24, 2.45) is 0 Å². The smallest absolute Gasteiger partial charge is 0.243 e. The Labute approximate surface area is 71.4 Å². The van der Waals surface area contributed by atoms with Crippen LogP contribution in [0.4, 0.5) is 0 Å². The molecule has 1 fully saturated rings. The largest absolute Gasteiger partial charge is 0.351 e. The maximum atomic E-state index is 10.7. The molecule has 1 aliphatic rings. The van der Waals surface area contributed by atoms with E-state index in [0.717, 1.165) is 6.54 Å². The number of nitrogens with one attached hydrogen (secondary N) is 1. The van der Waals surface area contributed by atoms with Gasteiger partial charge < -0.3 is 5.32 Å². The van der Waals surface area contributed by atoms with E-state index in [1.807, 2.05) is 11.8 Å². The van der Waals surface area contributed by atoms with Gasteiger partial charge in [-0.1, -0.05) is 6.58 Å². The van der Waals surface area contributed by atoms with Crippen LogP contribution in [-0.4, -0.2) is 23.5 Å². The summed E-state index contributed by atoms with van der Waals surface area (Å²) in [5, 5.41) is 3.43. The van der Waals surface area contributed by atoms with Gasteiger partial charge in [-0.2, -0.15) is 11.8 Å². The van der Waals surface area contributed by atoms with E-state index in [0.29, 0.717) is 5.25 Å². The summed E-state index contributed by atoms with van der Waals surface area (Å²) < 4.78 is 0. The third kappa shape index (κ3) is 2.97. The van der Waals surface area contributed by atoms with Crippen LogP contribution in [-0.2, 0) is 4.79 Å². The van der Waals surface area contributed by atoms with Gasteiger partial charge in [-0.05, 0) is 24.7 Å². The van der Waals surface area contributed by atoms with E-state index in [1.54, 1.807) is 0 Å². The van der Waals surface area contributed by atoms with E-state index in [-0.39, 0.29) is 5.91 Å². The van der Waals surface area contributed by atoms with Crippen molar-refractivity contribution in [1.29, 1.82) is 0 Å². The molecule has 1 N–H and O–H groups in total. The molecule has 0 radical (unpaired) electrons. The predicted octanol–water partition coefficient (Wildman–Crippen LogP) is 1.18. The van der Waals surface area contributed by atoms with Crippen LogP contribution >= 0.6 is 11.8 Å². The molecule has 62 valence electrons. The van der Waals surface area contributed by atoms with Crippen molar-refractivity contribution in [3.05, 3.63) is 12.7 Å². The first kappa shape index (κ1) is 8.65. The molecule has 1 heterocycles. The predicted molar refractivity (Wildman–Crippen MR) is 48.7 cm³/mol. The van der Waals surface area contributed by atoms with Gasteiger partial charge in [-0.25, -0.2) is 0 Å². The number of carbonyl (C=O) groups excluding carboxylic acids is 1. The van der Waals surface area contributed by atoms with Gasteiger partial charge in [0.15, 0.2) is 0 Å². The van der Waals surface area contributed by atoms with Crippen molar-refractivity contribution in [2.45, 2.75) is 18.1 Å². The summed E-state index contributed by atoms with van der Waals surface area (Å²) in [7, 11) is 0. The van der Waals surface area contributed by atoms with Crippen LogP contribution in [0, 0.1) is 0 Å². The van der Waals surface area contributed by atoms with Crippen LogP contribution in [0.2, 0.25) is 0 Å². The molecule has 2 nitrogen and oxygen atoms in total. The quantitative estimate of drug-likeness (QED) is 0.646. The van der Waals surface area contributed by atoms with E-state index in [1.165, 1.54) is 24.7 Å². The van der Waals surface area contributed by atoms with Gasteiger partial charge in [0, 0.05) is 11.8 Å². The van der Waals surface area contributed by atoms with Crippen LogP contribution in [0.1, 0.15) is 12.8 Å². The highest BCUT2D eigenvalue weighted by molar-refractivity contribution is 8.00. The molecule has 0 saturated carbocycles. The van der Waals surface area contributed by atoms with Crippen molar-refractivity contribution in [3.63, 3.8) is 0 Å². The molecular formula is C8H13NOS. The number of amides is 1. The van der Waals surface area contributed by atoms with Crippen LogP contribution < -0.4 is 5.32 Å². The minimum Gasteiger partial charge on any atom is -0.351 e. The molecule has 1 aliphatic heterocycles. The van der Waals surface area contributed by atoms with Gasteiger partial charge in [0.05, 0.1) is 0 Å². The molecule has 0 unspecified atom stereocenters. The lowest BCUT2D eigenvalue weighted by Crippen LogP contribution is -2.27. The summed E-state index contributed by atoms with van der Waals surface area (Å²) in [4.78, 5) is 10.7. The van der Waals surface area contributed by atoms with Crippen molar-refractivity contribution >= 4 is 17.7 Å². The lowest BCUT2D eigenvalue weighted by molar-refractivity contribution is -0.116. The summed E-state index contributed by atoms with van der Waals surface area (Å²) in [6, 6.07) is 0. The standard InChI is InChI=1S/C8H13NOS/c1-2-8(10)9-6-7-4-3-5-11-7/h2,7H,1,3-6H2,(H,9,10)/t7-/m0/s1. The molecule has 3 heteroatoms. The fourth-order valence-corrected chi connectivity index (χ4v) is 2.29. The van der Waals surface area contributed by atoms with E-state index in [4.69, 9.17) is 0 Å². The van der Waals surface area contributed by atoms with E-state index < -0.39 is 0 Å². The van der Waals surface area contributed by atoms with Gasteiger partial charge in [-0.3, -0.25) is 4.79 Å². The summed E-state index contributed by atoms with van der Waals surface area (Å²) in [6.07, 6.45) is 3.85. The van der Waals surface area contributed by atoms with E-state index in [9.17, 15) is 4.79 Å². The second kappa shape index (κ2) is 4.44. The molecule has 0 aromatic rings. The molecule has 0 aromatic carbocycles. The highest BCUT2D eigenvalue weighted by Crippen LogP contribution is 2.24. The van der Waals surface area contributed by atoms with E-state index >= 15 is 0 Å². The zero-order valence-corrected chi connectivity index (χ0v) is 7.32. The molecule has 0 aliphatic carbocycles. The van der Waals surface area contributed by atoms with Crippen molar-refractivity contribution < 1.29 is 4.79 Å². The number of carbonyl (C=O) groups is 1. The summed E-state index contributed by atoms with van der Waals surface area (Å²) in [5.74, 6) is 1.19. The monoisotopic (exact) mass is 171 g/mol. The highest BCUT2D eigenvalue weighted by Gasteiger charge is 2.15. The Bertz CT molecular complexity index is 152. The first-order valence-corrected chi connectivity index (χ1v) is 4.89. The average Bonchev–Trinajstić information content (AvgIpc) is 2.52. The second-order valence-corrected chi connectivity index (χ2v) is 3.99. The third-order valence-electron chi connectivity index (χ3n) is 1.71. The van der Waals surface area contributed by atoms with Crippen molar-refractivity contribution in [2.75, 3.05) is 12.3 Å². The summed E-state index contributed by atoms with van der Waals surface area (Å²) in [5.41, 5.74) is 0. The minimum atomic E-state index is -0.0579. The first-order valence-electron chi connectivity index (χ1n) is 3.85. The van der Waals surface area contributed by atoms with Crippen LogP contribution in [0.15, 0.2) is 12.7 Å². The molecule has 1 saturated heterocycles. The topological polar surface area (TPSA) is 29.1 Å². The van der Waals surface area contributed by atoms with Crippen molar-refractivity contribution in [3.8, 4) is 0 Å². The molecule has 11 heavy (non-hydrogen) atoms. The first-order chi connectivity index (χ1) is 5.33. The number of thioether (sulfide) groups is 1. The second-order valence-electron chi connectivity index (χ2n) is 2.58. The maximum Gasteiger partial charge on any atom is 0.243 e.